The zero-order valence-corrected chi connectivity index (χ0v) is 10.9. The number of carbonyl (C=O) groups excluding carboxylic acids is 1. The van der Waals surface area contributed by atoms with E-state index < -0.39 is 0 Å². The number of nitrogens with zero attached hydrogens (tertiary/aromatic N) is 2. The van der Waals surface area contributed by atoms with E-state index in [1.54, 1.807) is 0 Å². The van der Waals surface area contributed by atoms with Crippen LogP contribution < -0.4 is 5.73 Å². The highest BCUT2D eigenvalue weighted by molar-refractivity contribution is 5.74. The van der Waals surface area contributed by atoms with E-state index in [1.165, 1.54) is 12.8 Å². The molecular formula is C13H25N3O. The predicted octanol–water partition coefficient (Wildman–Crippen LogP) is 1.65. The van der Waals surface area contributed by atoms with Crippen molar-refractivity contribution in [2.24, 2.45) is 11.7 Å². The van der Waals surface area contributed by atoms with E-state index in [4.69, 9.17) is 5.73 Å². The fourth-order valence-corrected chi connectivity index (χ4v) is 3.02. The molecule has 2 atom stereocenters. The van der Waals surface area contributed by atoms with Gasteiger partial charge in [0.15, 0.2) is 0 Å². The van der Waals surface area contributed by atoms with Crippen LogP contribution in [0.4, 0.5) is 4.79 Å². The van der Waals surface area contributed by atoms with Gasteiger partial charge in [0.05, 0.1) is 0 Å². The van der Waals surface area contributed by atoms with Crippen molar-refractivity contribution < 1.29 is 4.79 Å². The van der Waals surface area contributed by atoms with Crippen LogP contribution in [0.2, 0.25) is 0 Å². The van der Waals surface area contributed by atoms with Crippen molar-refractivity contribution >= 4 is 6.03 Å². The van der Waals surface area contributed by atoms with Gasteiger partial charge in [0, 0.05) is 32.2 Å². The summed E-state index contributed by atoms with van der Waals surface area (Å²) in [5.41, 5.74) is 6.00. The van der Waals surface area contributed by atoms with Crippen LogP contribution in [0.1, 0.15) is 39.0 Å². The quantitative estimate of drug-likeness (QED) is 0.699. The van der Waals surface area contributed by atoms with Crippen LogP contribution in [0.3, 0.4) is 0 Å². The molecule has 0 spiro atoms. The predicted molar refractivity (Wildman–Crippen MR) is 68.8 cm³/mol. The molecule has 4 heteroatoms. The number of likely N-dealkylation sites (tertiary alicyclic amines) is 2. The highest BCUT2D eigenvalue weighted by Gasteiger charge is 2.28. The molecule has 0 bridgehead atoms. The fourth-order valence-electron chi connectivity index (χ4n) is 3.02. The molecule has 0 aliphatic carbocycles. The first-order chi connectivity index (χ1) is 8.16. The molecule has 2 saturated heterocycles. The molecule has 2 aliphatic rings. The number of hydrogen-bond acceptors (Lipinski definition) is 2. The van der Waals surface area contributed by atoms with Gasteiger partial charge < -0.3 is 15.5 Å². The molecular weight excluding hydrogens is 214 g/mol. The maximum absolute atomic E-state index is 12.4. The molecule has 17 heavy (non-hydrogen) atoms. The van der Waals surface area contributed by atoms with Crippen LogP contribution in [-0.4, -0.2) is 48.1 Å². The summed E-state index contributed by atoms with van der Waals surface area (Å²) >= 11 is 0. The van der Waals surface area contributed by atoms with Crippen LogP contribution in [0, 0.1) is 5.92 Å². The molecule has 2 amide bonds. The van der Waals surface area contributed by atoms with E-state index in [0.29, 0.717) is 5.92 Å². The van der Waals surface area contributed by atoms with E-state index in [0.717, 1.165) is 45.4 Å². The second-order valence-corrected chi connectivity index (χ2v) is 5.69. The van der Waals surface area contributed by atoms with Crippen molar-refractivity contribution in [3.8, 4) is 0 Å². The number of piperidine rings is 1. The van der Waals surface area contributed by atoms with Gasteiger partial charge in [-0.15, -0.1) is 0 Å². The highest BCUT2D eigenvalue weighted by atomic mass is 16.2. The second-order valence-electron chi connectivity index (χ2n) is 5.69. The topological polar surface area (TPSA) is 49.6 Å². The lowest BCUT2D eigenvalue weighted by molar-refractivity contribution is 0.126. The lowest BCUT2D eigenvalue weighted by Gasteiger charge is -2.37. The average Bonchev–Trinajstić information content (AvgIpc) is 2.55. The summed E-state index contributed by atoms with van der Waals surface area (Å²) in [4.78, 5) is 16.4. The molecule has 2 rings (SSSR count). The first-order valence-electron chi connectivity index (χ1n) is 6.96. The Hall–Kier alpha value is -0.770. The fraction of sp³-hybridized carbons (Fsp3) is 0.923. The lowest BCUT2D eigenvalue weighted by atomic mass is 9.97. The number of nitrogens with two attached hydrogens (primary N) is 1. The molecule has 2 N–H and O–H groups in total. The molecule has 0 aromatic rings. The first-order valence-corrected chi connectivity index (χ1v) is 6.96. The third-order valence-corrected chi connectivity index (χ3v) is 3.84. The summed E-state index contributed by atoms with van der Waals surface area (Å²) in [7, 11) is 0. The smallest absolute Gasteiger partial charge is 0.320 e. The Balaban J connectivity index is 1.93. The second kappa shape index (κ2) is 5.71. The number of hydrogen-bond donors (Lipinski definition) is 1. The zero-order valence-electron chi connectivity index (χ0n) is 10.9. The number of urea groups is 1. The van der Waals surface area contributed by atoms with Gasteiger partial charge >= 0.3 is 6.03 Å². The molecule has 2 fully saturated rings. The van der Waals surface area contributed by atoms with Crippen LogP contribution in [0.25, 0.3) is 0 Å². The van der Waals surface area contributed by atoms with Gasteiger partial charge in [-0.3, -0.25) is 0 Å². The number of rotatable bonds is 0. The lowest BCUT2D eigenvalue weighted by Crippen LogP contribution is -2.53. The van der Waals surface area contributed by atoms with E-state index >= 15 is 0 Å². The Kier molecular flexibility index (Phi) is 4.26. The van der Waals surface area contributed by atoms with Crippen molar-refractivity contribution in [2.45, 2.75) is 45.1 Å². The molecule has 0 saturated carbocycles. The minimum Gasteiger partial charge on any atom is -0.326 e. The third kappa shape index (κ3) is 3.35. The summed E-state index contributed by atoms with van der Waals surface area (Å²) in [6.45, 7) is 5.66. The van der Waals surface area contributed by atoms with E-state index in [2.05, 4.69) is 6.92 Å². The van der Waals surface area contributed by atoms with Gasteiger partial charge in [0.1, 0.15) is 0 Å². The van der Waals surface area contributed by atoms with Gasteiger partial charge in [-0.25, -0.2) is 4.79 Å². The van der Waals surface area contributed by atoms with Crippen LogP contribution >= 0.6 is 0 Å². The Morgan fingerprint density at radius 1 is 1.06 bits per heavy atom. The Morgan fingerprint density at radius 2 is 1.71 bits per heavy atom. The van der Waals surface area contributed by atoms with Crippen molar-refractivity contribution in [3.05, 3.63) is 0 Å². The summed E-state index contributed by atoms with van der Waals surface area (Å²) in [5, 5.41) is 0. The highest BCUT2D eigenvalue weighted by Crippen LogP contribution is 2.18. The standard InChI is InChI=1S/C13H25N3O/c1-11-8-12(14)10-16(9-11)13(17)15-6-4-2-3-5-7-15/h11-12H,2-10,14H2,1H3. The number of carbonyl (C=O) groups is 1. The molecule has 4 nitrogen and oxygen atoms in total. The Bertz CT molecular complexity index is 251. The van der Waals surface area contributed by atoms with E-state index in [9.17, 15) is 4.79 Å². The zero-order chi connectivity index (χ0) is 12.3. The van der Waals surface area contributed by atoms with E-state index in [1.807, 2.05) is 9.80 Å². The monoisotopic (exact) mass is 239 g/mol. The molecule has 2 aliphatic heterocycles. The molecule has 2 heterocycles. The van der Waals surface area contributed by atoms with Gasteiger partial charge in [0.2, 0.25) is 0 Å². The molecule has 0 aromatic carbocycles. The maximum atomic E-state index is 12.4. The molecule has 0 radical (unpaired) electrons. The first kappa shape index (κ1) is 12.7. The van der Waals surface area contributed by atoms with Crippen molar-refractivity contribution in [2.75, 3.05) is 26.2 Å². The molecule has 0 aromatic heterocycles. The maximum Gasteiger partial charge on any atom is 0.320 e. The summed E-state index contributed by atoms with van der Waals surface area (Å²) < 4.78 is 0. The van der Waals surface area contributed by atoms with Crippen molar-refractivity contribution in [1.29, 1.82) is 0 Å². The summed E-state index contributed by atoms with van der Waals surface area (Å²) in [5.74, 6) is 0.537. The van der Waals surface area contributed by atoms with Gasteiger partial charge in [-0.2, -0.15) is 0 Å². The minimum absolute atomic E-state index is 0.162. The summed E-state index contributed by atoms with van der Waals surface area (Å²) in [6, 6.07) is 0.378. The third-order valence-electron chi connectivity index (χ3n) is 3.84. The van der Waals surface area contributed by atoms with Crippen molar-refractivity contribution in [1.82, 2.24) is 9.80 Å². The minimum atomic E-state index is 0.162. The largest absolute Gasteiger partial charge is 0.326 e. The molecule has 98 valence electrons. The van der Waals surface area contributed by atoms with Crippen LogP contribution in [0.15, 0.2) is 0 Å². The molecule has 2 unspecified atom stereocenters. The van der Waals surface area contributed by atoms with E-state index in [-0.39, 0.29) is 12.1 Å². The van der Waals surface area contributed by atoms with Gasteiger partial charge in [-0.05, 0) is 25.2 Å². The normalized spacial score (nSPS) is 31.2. The Morgan fingerprint density at radius 3 is 2.29 bits per heavy atom. The SMILES string of the molecule is CC1CC(N)CN(C(=O)N2CCCCCC2)C1. The van der Waals surface area contributed by atoms with Gasteiger partial charge in [0.25, 0.3) is 0 Å². The van der Waals surface area contributed by atoms with Crippen LogP contribution in [0.5, 0.6) is 0 Å². The summed E-state index contributed by atoms with van der Waals surface area (Å²) in [6.07, 6.45) is 5.88. The number of amides is 2. The Labute approximate surface area is 104 Å². The average molecular weight is 239 g/mol. The van der Waals surface area contributed by atoms with Crippen LogP contribution in [-0.2, 0) is 0 Å². The van der Waals surface area contributed by atoms with Crippen molar-refractivity contribution in [3.63, 3.8) is 0 Å². The van der Waals surface area contributed by atoms with Gasteiger partial charge in [-0.1, -0.05) is 19.8 Å².